The van der Waals surface area contributed by atoms with E-state index in [1.54, 1.807) is 29.2 Å². The summed E-state index contributed by atoms with van der Waals surface area (Å²) in [6.45, 7) is 0.448. The number of benzene rings is 1. The first-order chi connectivity index (χ1) is 10.6. The molecule has 1 aromatic rings. The Bertz CT molecular complexity index is 553. The number of likely N-dealkylation sites (tertiary alicyclic amines) is 1. The van der Waals surface area contributed by atoms with E-state index in [9.17, 15) is 14.4 Å². The minimum Gasteiger partial charge on any atom is -0.480 e. The van der Waals surface area contributed by atoms with Crippen LogP contribution < -0.4 is 10.6 Å². The molecular weight excluding hydrogens is 322 g/mol. The van der Waals surface area contributed by atoms with Crippen molar-refractivity contribution in [2.24, 2.45) is 0 Å². The second-order valence-electron chi connectivity index (χ2n) is 5.19. The first kappa shape index (κ1) is 18.9. The molecule has 0 bridgehead atoms. The molecule has 2 rings (SSSR count). The van der Waals surface area contributed by atoms with Crippen molar-refractivity contribution in [2.45, 2.75) is 25.3 Å². The third-order valence-corrected chi connectivity index (χ3v) is 3.53. The number of carbonyl (C=O) groups is 3. The minimum atomic E-state index is -0.929. The van der Waals surface area contributed by atoms with E-state index in [1.165, 1.54) is 0 Å². The maximum Gasteiger partial charge on any atom is 0.325 e. The number of piperidine rings is 1. The summed E-state index contributed by atoms with van der Waals surface area (Å²) in [6.07, 6.45) is 2.22. The number of carboxylic acids is 1. The zero-order valence-corrected chi connectivity index (χ0v) is 13.3. The van der Waals surface area contributed by atoms with Gasteiger partial charge in [0.2, 0.25) is 5.91 Å². The predicted molar refractivity (Wildman–Crippen MR) is 87.7 cm³/mol. The van der Waals surface area contributed by atoms with Gasteiger partial charge in [0.1, 0.15) is 6.04 Å². The average Bonchev–Trinajstić information content (AvgIpc) is 2.48. The zero-order valence-electron chi connectivity index (χ0n) is 12.5. The number of urea groups is 1. The van der Waals surface area contributed by atoms with Crippen molar-refractivity contribution in [1.82, 2.24) is 10.2 Å². The summed E-state index contributed by atoms with van der Waals surface area (Å²) in [5, 5.41) is 13.9. The van der Waals surface area contributed by atoms with Crippen LogP contribution >= 0.6 is 12.4 Å². The molecule has 1 saturated heterocycles. The molecule has 0 saturated carbocycles. The van der Waals surface area contributed by atoms with Gasteiger partial charge in [-0.05, 0) is 31.5 Å². The number of aliphatic carboxylic acids is 1. The molecule has 0 spiro atoms. The highest BCUT2D eigenvalue weighted by Crippen LogP contribution is 2.16. The van der Waals surface area contributed by atoms with Crippen LogP contribution in [0.25, 0.3) is 0 Å². The largest absolute Gasteiger partial charge is 0.480 e. The van der Waals surface area contributed by atoms with Gasteiger partial charge >= 0.3 is 12.0 Å². The predicted octanol–water partition coefficient (Wildman–Crippen LogP) is 1.70. The number of anilines is 1. The molecule has 1 aliphatic rings. The average molecular weight is 342 g/mol. The number of halogens is 1. The summed E-state index contributed by atoms with van der Waals surface area (Å²) in [7, 11) is 0. The number of amides is 3. The topological polar surface area (TPSA) is 98.7 Å². The lowest BCUT2D eigenvalue weighted by molar-refractivity contribution is -0.145. The van der Waals surface area contributed by atoms with Crippen LogP contribution in [0.2, 0.25) is 0 Å². The van der Waals surface area contributed by atoms with Gasteiger partial charge < -0.3 is 10.4 Å². The summed E-state index contributed by atoms with van der Waals surface area (Å²) in [5.74, 6) is -1.44. The van der Waals surface area contributed by atoms with Crippen molar-refractivity contribution in [3.63, 3.8) is 0 Å². The Balaban J connectivity index is 0.00000264. The molecule has 1 aliphatic heterocycles. The molecule has 1 aromatic carbocycles. The fourth-order valence-electron chi connectivity index (χ4n) is 2.49. The quantitative estimate of drug-likeness (QED) is 0.774. The molecule has 1 heterocycles. The Labute approximate surface area is 140 Å². The summed E-state index contributed by atoms with van der Waals surface area (Å²) < 4.78 is 0. The lowest BCUT2D eigenvalue weighted by atomic mass is 10.0. The van der Waals surface area contributed by atoms with Crippen LogP contribution in [0.15, 0.2) is 30.3 Å². The number of carbonyl (C=O) groups excluding carboxylic acids is 2. The SMILES string of the molecule is Cl.O=C(CN1CCCCC1C(=O)O)NC(=O)Nc1ccccc1. The molecule has 3 N–H and O–H groups in total. The van der Waals surface area contributed by atoms with Gasteiger partial charge in [-0.3, -0.25) is 19.8 Å². The van der Waals surface area contributed by atoms with Crippen LogP contribution in [0, 0.1) is 0 Å². The highest BCUT2D eigenvalue weighted by molar-refractivity contribution is 6.01. The zero-order chi connectivity index (χ0) is 15.9. The van der Waals surface area contributed by atoms with Gasteiger partial charge in [0.15, 0.2) is 0 Å². The van der Waals surface area contributed by atoms with Gasteiger partial charge in [-0.2, -0.15) is 0 Å². The van der Waals surface area contributed by atoms with Crippen molar-refractivity contribution in [1.29, 1.82) is 0 Å². The molecule has 0 radical (unpaired) electrons. The van der Waals surface area contributed by atoms with E-state index in [-0.39, 0.29) is 19.0 Å². The molecular formula is C15H20ClN3O4. The Morgan fingerprint density at radius 3 is 2.52 bits per heavy atom. The van der Waals surface area contributed by atoms with Gasteiger partial charge in [-0.25, -0.2) is 4.79 Å². The highest BCUT2D eigenvalue weighted by Gasteiger charge is 2.29. The van der Waals surface area contributed by atoms with E-state index >= 15 is 0 Å². The van der Waals surface area contributed by atoms with Gasteiger partial charge in [0, 0.05) is 5.69 Å². The number of carboxylic acid groups (broad SMARTS) is 1. The molecule has 0 aromatic heterocycles. The molecule has 0 aliphatic carbocycles. The molecule has 7 nitrogen and oxygen atoms in total. The molecule has 3 amide bonds. The second kappa shape index (κ2) is 9.12. The number of para-hydroxylation sites is 1. The van der Waals surface area contributed by atoms with Crippen molar-refractivity contribution in [2.75, 3.05) is 18.4 Å². The maximum atomic E-state index is 11.9. The number of hydrogen-bond acceptors (Lipinski definition) is 4. The number of imide groups is 1. The van der Waals surface area contributed by atoms with Crippen LogP contribution in [-0.4, -0.2) is 47.0 Å². The number of hydrogen-bond donors (Lipinski definition) is 3. The Kier molecular flexibility index (Phi) is 7.50. The monoisotopic (exact) mass is 341 g/mol. The van der Waals surface area contributed by atoms with Crippen LogP contribution in [0.1, 0.15) is 19.3 Å². The third kappa shape index (κ3) is 5.88. The smallest absolute Gasteiger partial charge is 0.325 e. The van der Waals surface area contributed by atoms with Gasteiger partial charge in [0.05, 0.1) is 6.54 Å². The fraction of sp³-hybridized carbons (Fsp3) is 0.400. The fourth-order valence-corrected chi connectivity index (χ4v) is 2.49. The first-order valence-electron chi connectivity index (χ1n) is 7.19. The van der Waals surface area contributed by atoms with E-state index in [1.807, 2.05) is 6.07 Å². The van der Waals surface area contributed by atoms with Crippen LogP contribution in [0.5, 0.6) is 0 Å². The molecule has 8 heteroatoms. The number of rotatable bonds is 4. The lowest BCUT2D eigenvalue weighted by Gasteiger charge is -2.31. The summed E-state index contributed by atoms with van der Waals surface area (Å²) >= 11 is 0. The maximum absolute atomic E-state index is 11.9. The van der Waals surface area contributed by atoms with Crippen LogP contribution in [-0.2, 0) is 9.59 Å². The summed E-state index contributed by atoms with van der Waals surface area (Å²) in [5.41, 5.74) is 0.578. The van der Waals surface area contributed by atoms with E-state index in [2.05, 4.69) is 10.6 Å². The van der Waals surface area contributed by atoms with E-state index in [4.69, 9.17) is 5.11 Å². The Morgan fingerprint density at radius 2 is 1.87 bits per heavy atom. The number of nitrogens with one attached hydrogen (secondary N) is 2. The minimum absolute atomic E-state index is 0. The van der Waals surface area contributed by atoms with Crippen molar-refractivity contribution >= 4 is 36.0 Å². The summed E-state index contributed by atoms with van der Waals surface area (Å²) in [6, 6.07) is 7.48. The van der Waals surface area contributed by atoms with Crippen molar-refractivity contribution < 1.29 is 19.5 Å². The lowest BCUT2D eigenvalue weighted by Crippen LogP contribution is -2.50. The van der Waals surface area contributed by atoms with Gasteiger partial charge in [-0.15, -0.1) is 12.4 Å². The highest BCUT2D eigenvalue weighted by atomic mass is 35.5. The first-order valence-corrected chi connectivity index (χ1v) is 7.19. The van der Waals surface area contributed by atoms with Crippen molar-refractivity contribution in [3.05, 3.63) is 30.3 Å². The third-order valence-electron chi connectivity index (χ3n) is 3.53. The molecule has 1 fully saturated rings. The number of nitrogens with zero attached hydrogens (tertiary/aromatic N) is 1. The van der Waals surface area contributed by atoms with E-state index in [0.29, 0.717) is 18.7 Å². The van der Waals surface area contributed by atoms with E-state index < -0.39 is 23.9 Å². The second-order valence-corrected chi connectivity index (χ2v) is 5.19. The van der Waals surface area contributed by atoms with Crippen molar-refractivity contribution in [3.8, 4) is 0 Å². The van der Waals surface area contributed by atoms with Gasteiger partial charge in [-0.1, -0.05) is 24.6 Å². The van der Waals surface area contributed by atoms with Crippen LogP contribution in [0.3, 0.4) is 0 Å². The van der Waals surface area contributed by atoms with E-state index in [0.717, 1.165) is 12.8 Å². The normalized spacial score (nSPS) is 17.7. The standard InChI is InChI=1S/C15H19N3O4.ClH/c19-13(10-18-9-5-4-8-12(18)14(20)21)17-15(22)16-11-6-2-1-3-7-11;/h1-3,6-7,12H,4-5,8-10H2,(H,20,21)(H2,16,17,19,22);1H. The molecule has 1 unspecified atom stereocenters. The molecule has 1 atom stereocenters. The Hall–Kier alpha value is -2.12. The van der Waals surface area contributed by atoms with Gasteiger partial charge in [0.25, 0.3) is 0 Å². The van der Waals surface area contributed by atoms with Crippen LogP contribution in [0.4, 0.5) is 10.5 Å². The molecule has 23 heavy (non-hydrogen) atoms. The molecule has 126 valence electrons. The summed E-state index contributed by atoms with van der Waals surface area (Å²) in [4.78, 5) is 36.3. The Morgan fingerprint density at radius 1 is 1.17 bits per heavy atom.